The number of benzene rings is 4. The zero-order chi connectivity index (χ0) is 17.8. The summed E-state index contributed by atoms with van der Waals surface area (Å²) in [5.74, 6) is 0. The van der Waals surface area contributed by atoms with E-state index in [1.165, 1.54) is 33.0 Å². The zero-order valence-electron chi connectivity index (χ0n) is 15.0. The van der Waals surface area contributed by atoms with Gasteiger partial charge in [-0.05, 0) is 23.3 Å². The van der Waals surface area contributed by atoms with E-state index in [9.17, 15) is 0 Å². The molecular weight excluding hydrogens is 364 g/mol. The molecule has 0 radical (unpaired) electrons. The molecule has 0 amide bonds. The fourth-order valence-electron chi connectivity index (χ4n) is 4.21. The molecule has 0 saturated heterocycles. The Balaban J connectivity index is 0.00000171. The summed E-state index contributed by atoms with van der Waals surface area (Å²) in [6.07, 6.45) is 0. The van der Waals surface area contributed by atoms with Crippen LogP contribution in [0.15, 0.2) is 102 Å². The number of hydrogen-bond acceptors (Lipinski definition) is 1. The Morgan fingerprint density at radius 2 is 0.857 bits per heavy atom. The van der Waals surface area contributed by atoms with Gasteiger partial charge < -0.3 is 0 Å². The number of rotatable bonds is 1. The molecule has 0 atom stereocenters. The molecule has 0 aliphatic heterocycles. The normalized spacial score (nSPS) is 11.9. The summed E-state index contributed by atoms with van der Waals surface area (Å²) >= 11 is 0. The van der Waals surface area contributed by atoms with Crippen LogP contribution in [-0.2, 0) is 0 Å². The molecule has 0 fully saturated rings. The van der Waals surface area contributed by atoms with Crippen molar-refractivity contribution in [3.63, 3.8) is 0 Å². The van der Waals surface area contributed by atoms with E-state index in [1.54, 1.807) is 0 Å². The highest BCUT2D eigenvalue weighted by Crippen LogP contribution is 2.37. The van der Waals surface area contributed by atoms with Gasteiger partial charge in [0.15, 0.2) is 0 Å². The lowest BCUT2D eigenvalue weighted by atomic mass is 10.1. The molecule has 3 heteroatoms. The summed E-state index contributed by atoms with van der Waals surface area (Å²) in [7, 11) is 0. The smallest absolute Gasteiger partial charge is 0.0997 e. The summed E-state index contributed by atoms with van der Waals surface area (Å²) in [6.45, 7) is 0. The number of para-hydroxylation sites is 2. The third kappa shape index (κ3) is 2.25. The van der Waals surface area contributed by atoms with Crippen LogP contribution in [0.4, 0.5) is 0 Å². The molecule has 1 aliphatic carbocycles. The Bertz CT molecular complexity index is 1280. The van der Waals surface area contributed by atoms with Gasteiger partial charge in [-0.1, -0.05) is 84.9 Å². The van der Waals surface area contributed by atoms with E-state index < -0.39 is 0 Å². The topological polar surface area (TPSA) is 17.3 Å². The van der Waals surface area contributed by atoms with E-state index in [1.807, 2.05) is 0 Å². The minimum atomic E-state index is 0. The first-order chi connectivity index (χ1) is 13.4. The predicted molar refractivity (Wildman–Crippen MR) is 120 cm³/mol. The molecule has 2 nitrogen and oxygen atoms in total. The van der Waals surface area contributed by atoms with Crippen LogP contribution in [-0.4, -0.2) is 10.4 Å². The van der Waals surface area contributed by atoms with Crippen molar-refractivity contribution in [1.82, 2.24) is 4.68 Å². The molecule has 1 aliphatic rings. The lowest BCUT2D eigenvalue weighted by molar-refractivity contribution is 0.968. The van der Waals surface area contributed by atoms with E-state index in [0.29, 0.717) is 0 Å². The maximum Gasteiger partial charge on any atom is 0.0997 e. The van der Waals surface area contributed by atoms with E-state index in [4.69, 9.17) is 5.10 Å². The molecule has 0 saturated carbocycles. The highest BCUT2D eigenvalue weighted by atomic mass is 35.5. The van der Waals surface area contributed by atoms with Crippen molar-refractivity contribution < 1.29 is 0 Å². The maximum absolute atomic E-state index is 5.19. The van der Waals surface area contributed by atoms with E-state index >= 15 is 0 Å². The molecule has 0 bridgehead atoms. The van der Waals surface area contributed by atoms with Crippen molar-refractivity contribution in [2.45, 2.75) is 0 Å². The van der Waals surface area contributed by atoms with Crippen molar-refractivity contribution in [1.29, 1.82) is 0 Å². The van der Waals surface area contributed by atoms with Crippen LogP contribution in [0.2, 0.25) is 0 Å². The monoisotopic (exact) mass is 380 g/mol. The fourth-order valence-corrected chi connectivity index (χ4v) is 4.21. The molecule has 5 aromatic rings. The molecule has 0 spiro atoms. The van der Waals surface area contributed by atoms with Crippen molar-refractivity contribution in [2.75, 3.05) is 0 Å². The Morgan fingerprint density at radius 1 is 0.464 bits per heavy atom. The van der Waals surface area contributed by atoms with Crippen LogP contribution in [0.5, 0.6) is 0 Å². The number of halogens is 1. The van der Waals surface area contributed by atoms with Crippen LogP contribution in [0.25, 0.3) is 32.9 Å². The lowest BCUT2D eigenvalue weighted by Gasteiger charge is -2.05. The van der Waals surface area contributed by atoms with Crippen molar-refractivity contribution in [3.8, 4) is 11.1 Å². The van der Waals surface area contributed by atoms with Crippen LogP contribution in [0.3, 0.4) is 0 Å². The van der Waals surface area contributed by atoms with Gasteiger partial charge in [0.25, 0.3) is 0 Å². The molecular formula is C25H17ClN2. The lowest BCUT2D eigenvalue weighted by Crippen LogP contribution is -2.02. The molecule has 134 valence electrons. The Morgan fingerprint density at radius 3 is 1.36 bits per heavy atom. The van der Waals surface area contributed by atoms with Crippen molar-refractivity contribution >= 4 is 39.9 Å². The molecule has 6 rings (SSSR count). The minimum Gasteiger partial charge on any atom is -0.232 e. The fraction of sp³-hybridized carbons (Fsp3) is 0. The van der Waals surface area contributed by atoms with Gasteiger partial charge in [0.1, 0.15) is 0 Å². The van der Waals surface area contributed by atoms with Crippen LogP contribution >= 0.6 is 12.4 Å². The summed E-state index contributed by atoms with van der Waals surface area (Å²) < 4.78 is 2.10. The van der Waals surface area contributed by atoms with Gasteiger partial charge in [-0.3, -0.25) is 0 Å². The number of nitrogens with zero attached hydrogens (tertiary/aromatic N) is 2. The Kier molecular flexibility index (Phi) is 3.81. The first-order valence-electron chi connectivity index (χ1n) is 9.18. The zero-order valence-corrected chi connectivity index (χ0v) is 15.9. The first kappa shape index (κ1) is 16.8. The third-order valence-corrected chi connectivity index (χ3v) is 5.41. The number of hydrogen-bond donors (Lipinski definition) is 0. The van der Waals surface area contributed by atoms with E-state index in [2.05, 4.69) is 102 Å². The molecule has 0 N–H and O–H groups in total. The molecule has 1 heterocycles. The van der Waals surface area contributed by atoms with Crippen molar-refractivity contribution in [3.05, 3.63) is 108 Å². The van der Waals surface area contributed by atoms with E-state index in [0.717, 1.165) is 16.7 Å². The molecule has 0 unspecified atom stereocenters. The highest BCUT2D eigenvalue weighted by Gasteiger charge is 2.24. The number of fused-ring (bicyclic) bond motifs is 6. The highest BCUT2D eigenvalue weighted by molar-refractivity contribution is 6.24. The molecule has 4 aromatic carbocycles. The van der Waals surface area contributed by atoms with Gasteiger partial charge in [-0.25, -0.2) is 4.68 Å². The summed E-state index contributed by atoms with van der Waals surface area (Å²) in [5, 5.41) is 7.66. The van der Waals surface area contributed by atoms with Gasteiger partial charge in [0.05, 0.1) is 16.7 Å². The van der Waals surface area contributed by atoms with Gasteiger partial charge in [0.2, 0.25) is 0 Å². The second kappa shape index (κ2) is 6.36. The van der Waals surface area contributed by atoms with E-state index in [-0.39, 0.29) is 12.4 Å². The standard InChI is InChI=1S/C25H16N2.ClH/c1-3-13-21-17(9-1)18-10-2-4-14-22(18)25(21)26-27-23-15-7-5-11-19(23)20-12-6-8-16-24(20)27;/h1-16H;1H. The summed E-state index contributed by atoms with van der Waals surface area (Å²) in [5.41, 5.74) is 8.20. The molecule has 1 aromatic heterocycles. The van der Waals surface area contributed by atoms with Crippen LogP contribution < -0.4 is 0 Å². The summed E-state index contributed by atoms with van der Waals surface area (Å²) in [6, 6.07) is 34.0. The maximum atomic E-state index is 5.19. The minimum absolute atomic E-state index is 0. The Labute approximate surface area is 169 Å². The van der Waals surface area contributed by atoms with Crippen LogP contribution in [0.1, 0.15) is 11.1 Å². The van der Waals surface area contributed by atoms with Crippen LogP contribution in [0, 0.1) is 0 Å². The predicted octanol–water partition coefficient (Wildman–Crippen LogP) is 6.50. The summed E-state index contributed by atoms with van der Waals surface area (Å²) in [4.78, 5) is 0. The second-order valence-corrected chi connectivity index (χ2v) is 6.89. The van der Waals surface area contributed by atoms with Gasteiger partial charge in [-0.2, -0.15) is 5.10 Å². The van der Waals surface area contributed by atoms with Gasteiger partial charge >= 0.3 is 0 Å². The Hall–Kier alpha value is -3.36. The average molecular weight is 381 g/mol. The van der Waals surface area contributed by atoms with Gasteiger partial charge in [-0.15, -0.1) is 12.4 Å². The largest absolute Gasteiger partial charge is 0.232 e. The quantitative estimate of drug-likeness (QED) is 0.310. The average Bonchev–Trinajstić information content (AvgIpc) is 3.23. The first-order valence-corrected chi connectivity index (χ1v) is 9.18. The van der Waals surface area contributed by atoms with Crippen molar-refractivity contribution in [2.24, 2.45) is 5.10 Å². The third-order valence-electron chi connectivity index (χ3n) is 5.41. The number of aromatic nitrogens is 1. The molecule has 28 heavy (non-hydrogen) atoms. The SMILES string of the molecule is Cl.c1ccc2c(c1)C(=Nn1c3ccccc3c3ccccc31)c1ccccc1-2. The second-order valence-electron chi connectivity index (χ2n) is 6.89. The van der Waals surface area contributed by atoms with Gasteiger partial charge in [0, 0.05) is 21.9 Å².